The Kier molecular flexibility index (Phi) is 3.82. The van der Waals surface area contributed by atoms with Gasteiger partial charge in [-0.3, -0.25) is 0 Å². The van der Waals surface area contributed by atoms with E-state index < -0.39 is 0 Å². The van der Waals surface area contributed by atoms with Crippen LogP contribution < -0.4 is 9.64 Å². The van der Waals surface area contributed by atoms with Gasteiger partial charge in [-0.05, 0) is 55.2 Å². The fraction of sp³-hybridized carbons (Fsp3) is 0.333. The average Bonchev–Trinajstić information content (AvgIpc) is 2.49. The first-order valence-electron chi connectivity index (χ1n) is 7.38. The highest BCUT2D eigenvalue weighted by Gasteiger charge is 2.28. The van der Waals surface area contributed by atoms with Gasteiger partial charge >= 0.3 is 0 Å². The Morgan fingerprint density at radius 3 is 2.57 bits per heavy atom. The average molecular weight is 285 g/mol. The number of hydrogen-bond acceptors (Lipinski definition) is 2. The first-order chi connectivity index (χ1) is 10.1. The molecule has 110 valence electrons. The van der Waals surface area contributed by atoms with Crippen LogP contribution in [0.25, 0.3) is 0 Å². The van der Waals surface area contributed by atoms with Crippen LogP contribution in [-0.2, 0) is 6.42 Å². The molecule has 1 aliphatic heterocycles. The molecular formula is C18H20FNO. The van der Waals surface area contributed by atoms with Gasteiger partial charge in [0.15, 0.2) is 6.73 Å². The molecule has 0 saturated heterocycles. The molecule has 1 heterocycles. The Morgan fingerprint density at radius 2 is 1.81 bits per heavy atom. The van der Waals surface area contributed by atoms with E-state index in [-0.39, 0.29) is 5.82 Å². The van der Waals surface area contributed by atoms with Crippen molar-refractivity contribution in [1.29, 1.82) is 0 Å². The van der Waals surface area contributed by atoms with Crippen molar-refractivity contribution >= 4 is 5.69 Å². The first kappa shape index (κ1) is 13.9. The number of halogens is 1. The van der Waals surface area contributed by atoms with Crippen molar-refractivity contribution in [3.8, 4) is 5.75 Å². The zero-order valence-electron chi connectivity index (χ0n) is 12.4. The summed E-state index contributed by atoms with van der Waals surface area (Å²) in [4.78, 5) is 2.28. The van der Waals surface area contributed by atoms with Gasteiger partial charge in [0.2, 0.25) is 0 Å². The minimum absolute atomic E-state index is 0.243. The third-order valence-electron chi connectivity index (χ3n) is 4.34. The third kappa shape index (κ3) is 2.87. The van der Waals surface area contributed by atoms with Gasteiger partial charge in [-0.15, -0.1) is 0 Å². The molecule has 2 aromatic carbocycles. The highest BCUT2D eigenvalue weighted by molar-refractivity contribution is 5.56. The lowest BCUT2D eigenvalue weighted by atomic mass is 9.88. The molecule has 3 rings (SSSR count). The Morgan fingerprint density at radius 1 is 1.10 bits per heavy atom. The van der Waals surface area contributed by atoms with Crippen molar-refractivity contribution in [2.45, 2.75) is 26.3 Å². The van der Waals surface area contributed by atoms with Crippen LogP contribution in [0.15, 0.2) is 48.5 Å². The Hall–Kier alpha value is -2.03. The van der Waals surface area contributed by atoms with Crippen LogP contribution in [0.1, 0.15) is 19.4 Å². The highest BCUT2D eigenvalue weighted by atomic mass is 19.1. The topological polar surface area (TPSA) is 12.5 Å². The van der Waals surface area contributed by atoms with Crippen LogP contribution in [0.4, 0.5) is 10.1 Å². The molecule has 0 radical (unpaired) electrons. The lowest BCUT2D eigenvalue weighted by Gasteiger charge is -2.40. The van der Waals surface area contributed by atoms with Gasteiger partial charge in [-0.2, -0.15) is 0 Å². The second-order valence-corrected chi connectivity index (χ2v) is 5.75. The predicted octanol–water partition coefficient (Wildman–Crippen LogP) is 4.25. The quantitative estimate of drug-likeness (QED) is 0.836. The fourth-order valence-electron chi connectivity index (χ4n) is 2.87. The summed E-state index contributed by atoms with van der Waals surface area (Å²) < 4.78 is 18.8. The number of benzene rings is 2. The van der Waals surface area contributed by atoms with Crippen LogP contribution in [0.3, 0.4) is 0 Å². The van der Waals surface area contributed by atoms with Crippen LogP contribution >= 0.6 is 0 Å². The number of hydrogen-bond donors (Lipinski definition) is 0. The highest BCUT2D eigenvalue weighted by Crippen LogP contribution is 2.33. The summed E-state index contributed by atoms with van der Waals surface area (Å²) >= 11 is 0. The molecule has 0 aromatic heterocycles. The van der Waals surface area contributed by atoms with Gasteiger partial charge in [0, 0.05) is 11.7 Å². The second kappa shape index (κ2) is 5.76. The maximum absolute atomic E-state index is 12.9. The van der Waals surface area contributed by atoms with Crippen molar-refractivity contribution in [2.75, 3.05) is 11.6 Å². The molecule has 0 spiro atoms. The number of rotatable bonds is 3. The van der Waals surface area contributed by atoms with Crippen LogP contribution in [0, 0.1) is 11.7 Å². The maximum Gasteiger partial charge on any atom is 0.161 e. The van der Waals surface area contributed by atoms with Gasteiger partial charge in [0.25, 0.3) is 0 Å². The number of nitrogens with zero attached hydrogens (tertiary/aromatic N) is 1. The summed E-state index contributed by atoms with van der Waals surface area (Å²) in [5, 5.41) is 0. The monoisotopic (exact) mass is 285 g/mol. The van der Waals surface area contributed by atoms with E-state index in [2.05, 4.69) is 43.0 Å². The molecule has 0 aliphatic carbocycles. The maximum atomic E-state index is 12.9. The van der Waals surface area contributed by atoms with Crippen molar-refractivity contribution in [2.24, 2.45) is 5.92 Å². The summed E-state index contributed by atoms with van der Waals surface area (Å²) in [5.74, 6) is 1.03. The smallest absolute Gasteiger partial charge is 0.161 e. The van der Waals surface area contributed by atoms with E-state index in [1.54, 1.807) is 12.1 Å². The van der Waals surface area contributed by atoms with E-state index in [4.69, 9.17) is 4.74 Å². The molecule has 2 aromatic rings. The Labute approximate surface area is 125 Å². The normalized spacial score (nSPS) is 21.0. The zero-order chi connectivity index (χ0) is 14.8. The lowest BCUT2D eigenvalue weighted by molar-refractivity contribution is 0.276. The van der Waals surface area contributed by atoms with Crippen LogP contribution in [0.2, 0.25) is 0 Å². The number of anilines is 1. The number of ether oxygens (including phenoxy) is 1. The predicted molar refractivity (Wildman–Crippen MR) is 83.1 cm³/mol. The van der Waals surface area contributed by atoms with Crippen LogP contribution in [-0.4, -0.2) is 12.8 Å². The fourth-order valence-corrected chi connectivity index (χ4v) is 2.87. The standard InChI is InChI=1S/C18H20FNO/c1-13-11-15-5-3-4-6-18(15)20(14(13)2)12-21-17-9-7-16(19)8-10-17/h3-10,13-14H,11-12H2,1-2H3. The summed E-state index contributed by atoms with van der Waals surface area (Å²) in [6.45, 7) is 4.98. The van der Waals surface area contributed by atoms with Crippen LogP contribution in [0.5, 0.6) is 5.75 Å². The van der Waals surface area contributed by atoms with Gasteiger partial charge in [-0.1, -0.05) is 25.1 Å². The number of para-hydroxylation sites is 1. The molecular weight excluding hydrogens is 265 g/mol. The molecule has 0 N–H and O–H groups in total. The lowest BCUT2D eigenvalue weighted by Crippen LogP contribution is -2.44. The molecule has 2 atom stereocenters. The molecule has 3 heteroatoms. The van der Waals surface area contributed by atoms with E-state index in [0.717, 1.165) is 6.42 Å². The number of fused-ring (bicyclic) bond motifs is 1. The van der Waals surface area contributed by atoms with E-state index in [1.807, 2.05) is 0 Å². The van der Waals surface area contributed by atoms with Crippen molar-refractivity contribution in [1.82, 2.24) is 0 Å². The van der Waals surface area contributed by atoms with E-state index in [9.17, 15) is 4.39 Å². The first-order valence-corrected chi connectivity index (χ1v) is 7.38. The molecule has 0 amide bonds. The van der Waals surface area contributed by atoms with E-state index in [1.165, 1.54) is 23.4 Å². The summed E-state index contributed by atoms with van der Waals surface area (Å²) in [5.41, 5.74) is 2.61. The van der Waals surface area contributed by atoms with Crippen molar-refractivity contribution < 1.29 is 9.13 Å². The van der Waals surface area contributed by atoms with Gasteiger partial charge in [0.05, 0.1) is 0 Å². The Balaban J connectivity index is 1.78. The van der Waals surface area contributed by atoms with E-state index >= 15 is 0 Å². The molecule has 1 aliphatic rings. The van der Waals surface area contributed by atoms with Gasteiger partial charge < -0.3 is 9.64 Å². The molecule has 2 nitrogen and oxygen atoms in total. The van der Waals surface area contributed by atoms with E-state index in [0.29, 0.717) is 24.4 Å². The van der Waals surface area contributed by atoms with Crippen molar-refractivity contribution in [3.05, 3.63) is 59.9 Å². The third-order valence-corrected chi connectivity index (χ3v) is 4.34. The molecule has 21 heavy (non-hydrogen) atoms. The summed E-state index contributed by atoms with van der Waals surface area (Å²) in [6, 6.07) is 15.1. The molecule has 0 bridgehead atoms. The molecule has 2 unspecified atom stereocenters. The SMILES string of the molecule is CC1Cc2ccccc2N(COc2ccc(F)cc2)C1C. The summed E-state index contributed by atoms with van der Waals surface area (Å²) in [6.07, 6.45) is 1.10. The largest absolute Gasteiger partial charge is 0.473 e. The Bertz CT molecular complexity index is 611. The zero-order valence-corrected chi connectivity index (χ0v) is 12.4. The van der Waals surface area contributed by atoms with Gasteiger partial charge in [0.1, 0.15) is 11.6 Å². The molecule has 0 fully saturated rings. The van der Waals surface area contributed by atoms with Gasteiger partial charge in [-0.25, -0.2) is 4.39 Å². The second-order valence-electron chi connectivity index (χ2n) is 5.75. The minimum Gasteiger partial charge on any atom is -0.473 e. The minimum atomic E-state index is -0.243. The van der Waals surface area contributed by atoms with Crippen molar-refractivity contribution in [3.63, 3.8) is 0 Å². The summed E-state index contributed by atoms with van der Waals surface area (Å²) in [7, 11) is 0. The molecule has 0 saturated carbocycles.